The number of imidazole rings is 1. The van der Waals surface area contributed by atoms with Gasteiger partial charge in [0.05, 0.1) is 0 Å². The number of rotatable bonds is 7. The molecule has 0 radical (unpaired) electrons. The van der Waals surface area contributed by atoms with E-state index < -0.39 is 0 Å². The number of hydrogen-bond donors (Lipinski definition) is 2. The summed E-state index contributed by atoms with van der Waals surface area (Å²) in [6.07, 6.45) is 4.97. The Morgan fingerprint density at radius 3 is 2.71 bits per heavy atom. The summed E-state index contributed by atoms with van der Waals surface area (Å²) in [6.45, 7) is 0.839. The van der Waals surface area contributed by atoms with Gasteiger partial charge in [-0.3, -0.25) is 4.79 Å². The first-order chi connectivity index (χ1) is 10.2. The molecule has 0 aliphatic heterocycles. The topological polar surface area (TPSA) is 59.0 Å². The van der Waals surface area contributed by atoms with Crippen molar-refractivity contribution in [3.63, 3.8) is 0 Å². The van der Waals surface area contributed by atoms with Gasteiger partial charge in [0, 0.05) is 25.9 Å². The Bertz CT molecular complexity index is 565. The lowest BCUT2D eigenvalue weighted by Crippen LogP contribution is -2.31. The first kappa shape index (κ1) is 15.3. The van der Waals surface area contributed by atoms with Crippen molar-refractivity contribution in [1.82, 2.24) is 20.2 Å². The minimum atomic E-state index is -0.215. The molecule has 1 atom stereocenters. The van der Waals surface area contributed by atoms with Crippen LogP contribution < -0.4 is 10.6 Å². The van der Waals surface area contributed by atoms with Crippen molar-refractivity contribution in [1.29, 1.82) is 0 Å². The van der Waals surface area contributed by atoms with E-state index in [1.54, 1.807) is 6.20 Å². The molecule has 1 heterocycles. The molecule has 0 aliphatic carbocycles. The van der Waals surface area contributed by atoms with Gasteiger partial charge in [0.25, 0.3) is 0 Å². The Kier molecular flexibility index (Phi) is 5.51. The van der Waals surface area contributed by atoms with Crippen LogP contribution in [0.25, 0.3) is 0 Å². The van der Waals surface area contributed by atoms with Crippen LogP contribution in [0, 0.1) is 0 Å². The zero-order chi connectivity index (χ0) is 15.1. The molecule has 0 spiro atoms. The van der Waals surface area contributed by atoms with Gasteiger partial charge in [-0.15, -0.1) is 0 Å². The number of hydrogen-bond acceptors (Lipinski definition) is 3. The van der Waals surface area contributed by atoms with Crippen LogP contribution in [0.3, 0.4) is 0 Å². The van der Waals surface area contributed by atoms with E-state index in [4.69, 9.17) is 0 Å². The maximum absolute atomic E-state index is 12.1. The van der Waals surface area contributed by atoms with Gasteiger partial charge in [0.1, 0.15) is 11.9 Å². The third-order valence-electron chi connectivity index (χ3n) is 3.39. The Hall–Kier alpha value is -2.14. The number of benzene rings is 1. The predicted octanol–water partition coefficient (Wildman–Crippen LogP) is 1.63. The first-order valence-corrected chi connectivity index (χ1v) is 7.18. The average Bonchev–Trinajstić information content (AvgIpc) is 2.92. The average molecular weight is 286 g/mol. The molecule has 1 aromatic heterocycles. The second kappa shape index (κ2) is 7.59. The van der Waals surface area contributed by atoms with Crippen molar-refractivity contribution in [2.45, 2.75) is 18.9 Å². The fourth-order valence-corrected chi connectivity index (χ4v) is 2.26. The van der Waals surface area contributed by atoms with Gasteiger partial charge in [-0.1, -0.05) is 30.3 Å². The third kappa shape index (κ3) is 4.16. The number of amides is 1. The van der Waals surface area contributed by atoms with E-state index in [9.17, 15) is 4.79 Å². The monoisotopic (exact) mass is 286 g/mol. The number of aryl methyl sites for hydroxylation is 1. The molecule has 1 aromatic carbocycles. The summed E-state index contributed by atoms with van der Waals surface area (Å²) in [5.41, 5.74) is 1.04. The number of aromatic nitrogens is 2. The molecule has 2 N–H and O–H groups in total. The van der Waals surface area contributed by atoms with E-state index in [0.29, 0.717) is 6.42 Å². The van der Waals surface area contributed by atoms with Crippen molar-refractivity contribution in [3.05, 3.63) is 54.1 Å². The normalized spacial score (nSPS) is 12.1. The van der Waals surface area contributed by atoms with Gasteiger partial charge >= 0.3 is 0 Å². The van der Waals surface area contributed by atoms with Crippen LogP contribution in [0.2, 0.25) is 0 Å². The Morgan fingerprint density at radius 2 is 2.10 bits per heavy atom. The number of nitrogens with one attached hydrogen (secondary N) is 2. The minimum Gasteiger partial charge on any atom is -0.342 e. The van der Waals surface area contributed by atoms with E-state index in [0.717, 1.165) is 24.4 Å². The molecule has 0 aliphatic rings. The lowest BCUT2D eigenvalue weighted by molar-refractivity contribution is -0.121. The molecule has 1 unspecified atom stereocenters. The van der Waals surface area contributed by atoms with Crippen LogP contribution in [0.15, 0.2) is 42.7 Å². The molecule has 1 amide bonds. The fraction of sp³-hybridized carbons (Fsp3) is 0.375. The molecule has 0 fully saturated rings. The summed E-state index contributed by atoms with van der Waals surface area (Å²) in [5.74, 6) is 0.880. The molecule has 2 aromatic rings. The maximum atomic E-state index is 12.1. The quantitative estimate of drug-likeness (QED) is 0.761. The Morgan fingerprint density at radius 1 is 1.33 bits per heavy atom. The minimum absolute atomic E-state index is 0.0436. The molecule has 5 nitrogen and oxygen atoms in total. The second-order valence-corrected chi connectivity index (χ2v) is 5.01. The second-order valence-electron chi connectivity index (χ2n) is 5.01. The van der Waals surface area contributed by atoms with Gasteiger partial charge in [0.2, 0.25) is 5.91 Å². The predicted molar refractivity (Wildman–Crippen MR) is 82.8 cm³/mol. The Balaban J connectivity index is 2.14. The zero-order valence-corrected chi connectivity index (χ0v) is 12.5. The van der Waals surface area contributed by atoms with Crippen molar-refractivity contribution < 1.29 is 4.79 Å². The highest BCUT2D eigenvalue weighted by Crippen LogP contribution is 2.20. The molecule has 5 heteroatoms. The number of carbonyl (C=O) groups is 1. The van der Waals surface area contributed by atoms with E-state index in [-0.39, 0.29) is 11.9 Å². The smallest absolute Gasteiger partial charge is 0.220 e. The van der Waals surface area contributed by atoms with Crippen molar-refractivity contribution in [2.75, 3.05) is 13.6 Å². The molecular weight excluding hydrogens is 264 g/mol. The third-order valence-corrected chi connectivity index (χ3v) is 3.39. The van der Waals surface area contributed by atoms with Gasteiger partial charge in [-0.25, -0.2) is 4.98 Å². The lowest BCUT2D eigenvalue weighted by Gasteiger charge is -2.19. The van der Waals surface area contributed by atoms with Crippen LogP contribution >= 0.6 is 0 Å². The summed E-state index contributed by atoms with van der Waals surface area (Å²) in [6, 6.07) is 9.71. The van der Waals surface area contributed by atoms with Gasteiger partial charge < -0.3 is 15.2 Å². The summed E-state index contributed by atoms with van der Waals surface area (Å²) < 4.78 is 1.94. The van der Waals surface area contributed by atoms with Crippen molar-refractivity contribution in [3.8, 4) is 0 Å². The molecule has 0 bridgehead atoms. The van der Waals surface area contributed by atoms with Crippen LogP contribution in [0.1, 0.15) is 30.3 Å². The lowest BCUT2D eigenvalue weighted by atomic mass is 10.1. The highest BCUT2D eigenvalue weighted by atomic mass is 16.1. The maximum Gasteiger partial charge on any atom is 0.220 e. The zero-order valence-electron chi connectivity index (χ0n) is 12.5. The van der Waals surface area contributed by atoms with Crippen LogP contribution in [-0.4, -0.2) is 29.1 Å². The Labute approximate surface area is 125 Å². The summed E-state index contributed by atoms with van der Waals surface area (Å²) in [4.78, 5) is 16.5. The first-order valence-electron chi connectivity index (χ1n) is 7.18. The molecular formula is C16H22N4O. The van der Waals surface area contributed by atoms with Gasteiger partial charge in [-0.2, -0.15) is 0 Å². The van der Waals surface area contributed by atoms with Gasteiger partial charge in [-0.05, 0) is 25.6 Å². The van der Waals surface area contributed by atoms with E-state index in [1.807, 2.05) is 55.2 Å². The number of carbonyl (C=O) groups excluding carboxylic acids is 1. The highest BCUT2D eigenvalue weighted by molar-refractivity contribution is 5.76. The molecule has 21 heavy (non-hydrogen) atoms. The van der Waals surface area contributed by atoms with Crippen molar-refractivity contribution >= 4 is 5.91 Å². The van der Waals surface area contributed by atoms with Crippen LogP contribution in [-0.2, 0) is 11.8 Å². The van der Waals surface area contributed by atoms with Crippen LogP contribution in [0.4, 0.5) is 0 Å². The van der Waals surface area contributed by atoms with E-state index in [1.165, 1.54) is 0 Å². The molecule has 2 rings (SSSR count). The summed E-state index contributed by atoms with van der Waals surface area (Å²) in [5, 5.41) is 6.13. The standard InChI is InChI=1S/C16H22N4O/c1-17-10-6-9-14(21)19-15(13-7-4-3-5-8-13)16-18-11-12-20(16)2/h3-5,7-8,11-12,15,17H,6,9-10H2,1-2H3,(H,19,21). The van der Waals surface area contributed by atoms with E-state index in [2.05, 4.69) is 15.6 Å². The van der Waals surface area contributed by atoms with Crippen molar-refractivity contribution in [2.24, 2.45) is 7.05 Å². The highest BCUT2D eigenvalue weighted by Gasteiger charge is 2.20. The SMILES string of the molecule is CNCCCC(=O)NC(c1ccccc1)c1nccn1C. The molecule has 0 saturated carbocycles. The van der Waals surface area contributed by atoms with E-state index >= 15 is 0 Å². The van der Waals surface area contributed by atoms with Gasteiger partial charge in [0.15, 0.2) is 0 Å². The molecule has 0 saturated heterocycles. The van der Waals surface area contributed by atoms with Crippen LogP contribution in [0.5, 0.6) is 0 Å². The number of nitrogens with zero attached hydrogens (tertiary/aromatic N) is 2. The summed E-state index contributed by atoms with van der Waals surface area (Å²) in [7, 11) is 3.82. The summed E-state index contributed by atoms with van der Waals surface area (Å²) >= 11 is 0. The fourth-order valence-electron chi connectivity index (χ4n) is 2.26. The molecule has 112 valence electrons. The largest absolute Gasteiger partial charge is 0.342 e.